The molecule has 3 atom stereocenters. The van der Waals surface area contributed by atoms with Crippen LogP contribution in [0.15, 0.2) is 0 Å². The van der Waals surface area contributed by atoms with Gasteiger partial charge < -0.3 is 22.0 Å². The van der Waals surface area contributed by atoms with Gasteiger partial charge in [-0.2, -0.15) is 6.92 Å². The van der Waals surface area contributed by atoms with E-state index < -0.39 is 12.2 Å². The summed E-state index contributed by atoms with van der Waals surface area (Å²) in [4.78, 5) is 0. The Hall–Kier alpha value is 0.399. The van der Waals surface area contributed by atoms with Gasteiger partial charge in [0, 0.05) is 23.6 Å². The number of nitrogens with one attached hydrogen (secondary N) is 1. The first kappa shape index (κ1) is 11.4. The summed E-state index contributed by atoms with van der Waals surface area (Å²) in [6, 6.07) is 0. The number of hydrogen-bond donors (Lipinski definition) is 3. The quantitative estimate of drug-likeness (QED) is 0.381. The zero-order valence-corrected chi connectivity index (χ0v) is 7.58. The molecule has 1 rings (SSSR count). The van der Waals surface area contributed by atoms with E-state index in [1.807, 2.05) is 13.3 Å². The van der Waals surface area contributed by atoms with Crippen molar-refractivity contribution in [3.8, 4) is 0 Å². The average molecular weight is 200 g/mol. The molecule has 1 aliphatic rings. The van der Waals surface area contributed by atoms with Gasteiger partial charge in [-0.15, -0.1) is 5.92 Å². The first-order valence-electron chi connectivity index (χ1n) is 3.62. The molecule has 0 aliphatic carbocycles. The summed E-state index contributed by atoms with van der Waals surface area (Å²) in [5.41, 5.74) is 0. The molecule has 4 heteroatoms. The Morgan fingerprint density at radius 1 is 1.36 bits per heavy atom. The molecule has 3 nitrogen and oxygen atoms in total. The van der Waals surface area contributed by atoms with Crippen LogP contribution in [0.5, 0.6) is 0 Å². The molecular formula is C7H14FeNO2-. The van der Waals surface area contributed by atoms with Gasteiger partial charge in [-0.25, -0.2) is 0 Å². The molecule has 0 saturated carbocycles. The molecule has 1 heterocycles. The van der Waals surface area contributed by atoms with E-state index in [0.717, 1.165) is 6.54 Å². The maximum absolute atomic E-state index is 9.32. The molecule has 0 radical (unpaired) electrons. The summed E-state index contributed by atoms with van der Waals surface area (Å²) in [5.74, 6) is 0.101. The maximum atomic E-state index is 9.32. The van der Waals surface area contributed by atoms with Gasteiger partial charge >= 0.3 is 0 Å². The molecule has 0 aromatic rings. The molecule has 1 aliphatic heterocycles. The maximum Gasteiger partial charge on any atom is 0.0900 e. The van der Waals surface area contributed by atoms with E-state index in [1.54, 1.807) is 0 Å². The molecule has 0 aromatic carbocycles. The second-order valence-corrected chi connectivity index (χ2v) is 2.71. The Labute approximate surface area is 77.7 Å². The zero-order valence-electron chi connectivity index (χ0n) is 6.47. The Morgan fingerprint density at radius 3 is 2.45 bits per heavy atom. The van der Waals surface area contributed by atoms with Crippen molar-refractivity contribution in [3.05, 3.63) is 6.42 Å². The summed E-state index contributed by atoms with van der Waals surface area (Å²) in [6.07, 6.45) is 0.737. The van der Waals surface area contributed by atoms with Crippen LogP contribution >= 0.6 is 0 Å². The summed E-state index contributed by atoms with van der Waals surface area (Å²) in [5, 5.41) is 21.5. The Morgan fingerprint density at radius 2 is 2.00 bits per heavy atom. The molecule has 11 heavy (non-hydrogen) atoms. The largest absolute Gasteiger partial charge is 0.393 e. The minimum atomic E-state index is -0.602. The Kier molecular flexibility index (Phi) is 5.30. The van der Waals surface area contributed by atoms with E-state index in [1.165, 1.54) is 0 Å². The van der Waals surface area contributed by atoms with Crippen molar-refractivity contribution in [1.29, 1.82) is 0 Å². The van der Waals surface area contributed by atoms with E-state index in [2.05, 4.69) is 5.32 Å². The standard InChI is InChI=1S/C7H14NO2.Fe/c1-2-5-3-8-4-6(9)7(5)10;/h2,5-10H,3-4H2,1H3;/q-1;/t5-,6+,7+;/m0./s1. The summed E-state index contributed by atoms with van der Waals surface area (Å²) in [6.45, 7) is 3.17. The van der Waals surface area contributed by atoms with Gasteiger partial charge in [0.15, 0.2) is 0 Å². The van der Waals surface area contributed by atoms with E-state index >= 15 is 0 Å². The molecule has 68 valence electrons. The normalized spacial score (nSPS) is 37.9. The molecule has 0 bridgehead atoms. The monoisotopic (exact) mass is 200 g/mol. The SMILES string of the molecule is C[CH-][C@H]1CNC[C@@H](O)[C@@H]1O.[Fe]. The minimum Gasteiger partial charge on any atom is -0.393 e. The Balaban J connectivity index is 0.000001000. The summed E-state index contributed by atoms with van der Waals surface area (Å²) < 4.78 is 0. The predicted molar refractivity (Wildman–Crippen MR) is 38.3 cm³/mol. The predicted octanol–water partition coefficient (Wildman–Crippen LogP) is -0.851. The third-order valence-electron chi connectivity index (χ3n) is 1.99. The van der Waals surface area contributed by atoms with Crippen LogP contribution in [-0.2, 0) is 17.1 Å². The summed E-state index contributed by atoms with van der Waals surface area (Å²) >= 11 is 0. The fourth-order valence-electron chi connectivity index (χ4n) is 1.24. The van der Waals surface area contributed by atoms with E-state index in [0.29, 0.717) is 6.54 Å². The van der Waals surface area contributed by atoms with Gasteiger partial charge in [-0.05, 0) is 6.54 Å². The van der Waals surface area contributed by atoms with Crippen LogP contribution in [0.1, 0.15) is 6.92 Å². The second-order valence-electron chi connectivity index (χ2n) is 2.71. The number of β-amino-alcohol motifs (C(OH)–C–C–N with tert-alkyl or cyclic N) is 1. The van der Waals surface area contributed by atoms with Crippen LogP contribution in [-0.4, -0.2) is 35.5 Å². The van der Waals surface area contributed by atoms with Crippen molar-refractivity contribution < 1.29 is 27.3 Å². The fourth-order valence-corrected chi connectivity index (χ4v) is 1.24. The van der Waals surface area contributed by atoms with Crippen molar-refractivity contribution in [2.75, 3.05) is 13.1 Å². The zero-order chi connectivity index (χ0) is 7.56. The second kappa shape index (κ2) is 5.12. The van der Waals surface area contributed by atoms with Gasteiger partial charge in [0.2, 0.25) is 0 Å². The average Bonchev–Trinajstić information content (AvgIpc) is 1.95. The van der Waals surface area contributed by atoms with Crippen LogP contribution in [0.25, 0.3) is 0 Å². The van der Waals surface area contributed by atoms with Crippen molar-refractivity contribution >= 4 is 0 Å². The third kappa shape index (κ3) is 2.73. The van der Waals surface area contributed by atoms with Crippen LogP contribution < -0.4 is 5.32 Å². The molecule has 0 unspecified atom stereocenters. The summed E-state index contributed by atoms with van der Waals surface area (Å²) in [7, 11) is 0. The van der Waals surface area contributed by atoms with Crippen molar-refractivity contribution in [3.63, 3.8) is 0 Å². The number of rotatable bonds is 1. The van der Waals surface area contributed by atoms with Crippen molar-refractivity contribution in [2.45, 2.75) is 19.1 Å². The molecular weight excluding hydrogens is 186 g/mol. The third-order valence-corrected chi connectivity index (χ3v) is 1.99. The topological polar surface area (TPSA) is 52.5 Å². The molecule has 3 N–H and O–H groups in total. The first-order chi connectivity index (χ1) is 4.75. The van der Waals surface area contributed by atoms with Gasteiger partial charge in [0.1, 0.15) is 0 Å². The molecule has 0 aromatic heterocycles. The van der Waals surface area contributed by atoms with E-state index in [4.69, 9.17) is 5.11 Å². The molecule has 1 fully saturated rings. The van der Waals surface area contributed by atoms with Crippen LogP contribution in [0.3, 0.4) is 0 Å². The number of aliphatic hydroxyl groups is 2. The van der Waals surface area contributed by atoms with E-state index in [-0.39, 0.29) is 23.0 Å². The van der Waals surface area contributed by atoms with Crippen molar-refractivity contribution in [1.82, 2.24) is 5.32 Å². The molecule has 0 spiro atoms. The van der Waals surface area contributed by atoms with E-state index in [9.17, 15) is 5.11 Å². The number of aliphatic hydroxyl groups excluding tert-OH is 2. The smallest absolute Gasteiger partial charge is 0.0900 e. The number of piperidine rings is 1. The minimum absolute atomic E-state index is 0. The van der Waals surface area contributed by atoms with Crippen LogP contribution in [0.4, 0.5) is 0 Å². The molecule has 1 saturated heterocycles. The number of hydrogen-bond acceptors (Lipinski definition) is 3. The van der Waals surface area contributed by atoms with Gasteiger partial charge in [0.05, 0.1) is 12.2 Å². The first-order valence-corrected chi connectivity index (χ1v) is 3.62. The molecule has 0 amide bonds. The van der Waals surface area contributed by atoms with Crippen LogP contribution in [0, 0.1) is 12.3 Å². The van der Waals surface area contributed by atoms with Gasteiger partial charge in [0.25, 0.3) is 0 Å². The van der Waals surface area contributed by atoms with Gasteiger partial charge in [-0.1, -0.05) is 0 Å². The van der Waals surface area contributed by atoms with Gasteiger partial charge in [-0.3, -0.25) is 0 Å². The van der Waals surface area contributed by atoms with Crippen molar-refractivity contribution in [2.24, 2.45) is 5.92 Å². The fraction of sp³-hybridized carbons (Fsp3) is 0.857. The Bertz CT molecular complexity index is 113. The van der Waals surface area contributed by atoms with Crippen LogP contribution in [0.2, 0.25) is 0 Å².